The van der Waals surface area contributed by atoms with Crippen LogP contribution in [0.15, 0.2) is 0 Å². The van der Waals surface area contributed by atoms with E-state index in [0.29, 0.717) is 6.54 Å². The summed E-state index contributed by atoms with van der Waals surface area (Å²) in [5.74, 6) is 0. The van der Waals surface area contributed by atoms with Crippen molar-refractivity contribution < 1.29 is 18.6 Å². The average Bonchev–Trinajstić information content (AvgIpc) is 2.47. The van der Waals surface area contributed by atoms with Crippen LogP contribution in [0, 0.1) is 0 Å². The first kappa shape index (κ1) is 9.83. The summed E-state index contributed by atoms with van der Waals surface area (Å²) in [7, 11) is 0. The number of hydrogen-bond acceptors (Lipinski definition) is 3. The number of ether oxygens (including phenoxy) is 1. The third-order valence-electron chi connectivity index (χ3n) is 1.77. The molecule has 0 aliphatic carbocycles. The van der Waals surface area contributed by atoms with Crippen LogP contribution in [-0.4, -0.2) is 49.9 Å². The highest BCUT2D eigenvalue weighted by atomic mass is 19.1. The molecule has 1 unspecified atom stereocenters. The molecule has 0 aromatic heterocycles. The molecular formula is C7H13F2NO2. The van der Waals surface area contributed by atoms with Crippen molar-refractivity contribution in [2.45, 2.75) is 18.4 Å². The highest BCUT2D eigenvalue weighted by molar-refractivity contribution is 4.81. The van der Waals surface area contributed by atoms with E-state index in [0.717, 1.165) is 0 Å². The fourth-order valence-corrected chi connectivity index (χ4v) is 1.07. The summed E-state index contributed by atoms with van der Waals surface area (Å²) in [4.78, 5) is 0. The third kappa shape index (κ3) is 2.66. The Balaban J connectivity index is 2.13. The van der Waals surface area contributed by atoms with Gasteiger partial charge in [0, 0.05) is 13.1 Å². The van der Waals surface area contributed by atoms with Crippen molar-refractivity contribution in [3.63, 3.8) is 0 Å². The zero-order valence-corrected chi connectivity index (χ0v) is 6.67. The van der Waals surface area contributed by atoms with Gasteiger partial charge in [-0.2, -0.15) is 0 Å². The van der Waals surface area contributed by atoms with Gasteiger partial charge in [-0.05, 0) is 0 Å². The molecule has 2 N–H and O–H groups in total. The van der Waals surface area contributed by atoms with Gasteiger partial charge in [-0.3, -0.25) is 0 Å². The molecule has 0 saturated carbocycles. The number of halogens is 2. The molecule has 3 nitrogen and oxygen atoms in total. The second-order valence-corrected chi connectivity index (χ2v) is 2.85. The lowest BCUT2D eigenvalue weighted by Gasteiger charge is -2.14. The van der Waals surface area contributed by atoms with E-state index < -0.39 is 25.1 Å². The van der Waals surface area contributed by atoms with E-state index in [1.54, 1.807) is 0 Å². The lowest BCUT2D eigenvalue weighted by atomic mass is 10.3. The number of rotatable bonds is 4. The van der Waals surface area contributed by atoms with Crippen LogP contribution < -0.4 is 5.32 Å². The summed E-state index contributed by atoms with van der Waals surface area (Å²) in [6.07, 6.45) is -2.71. The Morgan fingerprint density at radius 3 is 2.83 bits per heavy atom. The minimum atomic E-state index is -1.13. The smallest absolute Gasteiger partial charge is 0.140 e. The highest BCUT2D eigenvalue weighted by Crippen LogP contribution is 2.08. The van der Waals surface area contributed by atoms with Crippen molar-refractivity contribution in [1.29, 1.82) is 0 Å². The fourth-order valence-electron chi connectivity index (χ4n) is 1.07. The number of hydrogen-bond donors (Lipinski definition) is 2. The Morgan fingerprint density at radius 1 is 1.58 bits per heavy atom. The van der Waals surface area contributed by atoms with Gasteiger partial charge in [0.05, 0.1) is 6.61 Å². The van der Waals surface area contributed by atoms with E-state index in [1.165, 1.54) is 0 Å². The fraction of sp³-hybridized carbons (Fsp3) is 1.00. The van der Waals surface area contributed by atoms with Gasteiger partial charge in [-0.15, -0.1) is 0 Å². The van der Waals surface area contributed by atoms with Crippen LogP contribution in [0.2, 0.25) is 0 Å². The van der Waals surface area contributed by atoms with Gasteiger partial charge in [-0.25, -0.2) is 8.78 Å². The van der Waals surface area contributed by atoms with Gasteiger partial charge in [0.25, 0.3) is 0 Å². The maximum Gasteiger partial charge on any atom is 0.140 e. The molecular weight excluding hydrogens is 168 g/mol. The second kappa shape index (κ2) is 4.69. The van der Waals surface area contributed by atoms with Crippen LogP contribution >= 0.6 is 0 Å². The molecule has 5 heteroatoms. The molecule has 0 aromatic carbocycles. The van der Waals surface area contributed by atoms with Crippen molar-refractivity contribution in [3.05, 3.63) is 0 Å². The number of alkyl halides is 2. The molecule has 3 atom stereocenters. The Bertz CT molecular complexity index is 137. The standard InChI is InChI=1S/C7H13F2NO2/c8-1-5(11)4-12-7-3-10-2-6(7)9/h5-7,10-11H,1-4H2/t5?,6-,7-/m1/s1. The van der Waals surface area contributed by atoms with Gasteiger partial charge in [-0.1, -0.05) is 0 Å². The molecule has 1 heterocycles. The molecule has 1 saturated heterocycles. The number of nitrogens with one attached hydrogen (secondary N) is 1. The van der Waals surface area contributed by atoms with Crippen molar-refractivity contribution in [2.75, 3.05) is 26.4 Å². The number of aliphatic hydroxyl groups is 1. The third-order valence-corrected chi connectivity index (χ3v) is 1.77. The molecule has 0 spiro atoms. The topological polar surface area (TPSA) is 41.5 Å². The van der Waals surface area contributed by atoms with Gasteiger partial charge >= 0.3 is 0 Å². The first-order chi connectivity index (χ1) is 5.74. The molecule has 0 amide bonds. The predicted octanol–water partition coefficient (Wildman–Crippen LogP) is -0.357. The summed E-state index contributed by atoms with van der Waals surface area (Å²) in [6.45, 7) is -0.281. The maximum absolute atomic E-state index is 12.8. The molecule has 1 rings (SSSR count). The Morgan fingerprint density at radius 2 is 2.33 bits per heavy atom. The van der Waals surface area contributed by atoms with E-state index in [9.17, 15) is 8.78 Å². The van der Waals surface area contributed by atoms with E-state index in [1.807, 2.05) is 0 Å². The molecule has 1 aliphatic rings. The van der Waals surface area contributed by atoms with Gasteiger partial charge < -0.3 is 15.2 Å². The summed E-state index contributed by atoms with van der Waals surface area (Å²) in [5, 5.41) is 11.6. The molecule has 72 valence electrons. The summed E-state index contributed by atoms with van der Waals surface area (Å²) in [6, 6.07) is 0. The largest absolute Gasteiger partial charge is 0.388 e. The minimum Gasteiger partial charge on any atom is -0.388 e. The lowest BCUT2D eigenvalue weighted by molar-refractivity contribution is -0.0307. The Labute approximate surface area is 69.7 Å². The van der Waals surface area contributed by atoms with Crippen LogP contribution in [0.3, 0.4) is 0 Å². The van der Waals surface area contributed by atoms with Gasteiger partial charge in [0.2, 0.25) is 0 Å². The molecule has 0 radical (unpaired) electrons. The summed E-state index contributed by atoms with van der Waals surface area (Å²) in [5.41, 5.74) is 0. The van der Waals surface area contributed by atoms with E-state index in [-0.39, 0.29) is 13.2 Å². The van der Waals surface area contributed by atoms with Crippen molar-refractivity contribution in [2.24, 2.45) is 0 Å². The molecule has 12 heavy (non-hydrogen) atoms. The van der Waals surface area contributed by atoms with Gasteiger partial charge in [0.15, 0.2) is 0 Å². The zero-order valence-electron chi connectivity index (χ0n) is 6.67. The van der Waals surface area contributed by atoms with Crippen LogP contribution in [-0.2, 0) is 4.74 Å². The zero-order chi connectivity index (χ0) is 8.97. The van der Waals surface area contributed by atoms with E-state index >= 15 is 0 Å². The van der Waals surface area contributed by atoms with Crippen LogP contribution in [0.25, 0.3) is 0 Å². The Kier molecular flexibility index (Phi) is 3.84. The van der Waals surface area contributed by atoms with Crippen LogP contribution in [0.4, 0.5) is 8.78 Å². The van der Waals surface area contributed by atoms with E-state index in [2.05, 4.69) is 5.32 Å². The molecule has 1 aliphatic heterocycles. The minimum absolute atomic E-state index is 0.136. The number of aliphatic hydroxyl groups excluding tert-OH is 1. The summed E-state index contributed by atoms with van der Waals surface area (Å²) >= 11 is 0. The quantitative estimate of drug-likeness (QED) is 0.622. The van der Waals surface area contributed by atoms with Crippen molar-refractivity contribution in [3.8, 4) is 0 Å². The first-order valence-corrected chi connectivity index (χ1v) is 3.94. The Hall–Kier alpha value is -0.260. The molecule has 1 fully saturated rings. The SMILES string of the molecule is OC(CF)CO[C@@H]1CNC[C@H]1F. The average molecular weight is 181 g/mol. The lowest BCUT2D eigenvalue weighted by Crippen LogP contribution is -2.29. The second-order valence-electron chi connectivity index (χ2n) is 2.85. The van der Waals surface area contributed by atoms with Crippen LogP contribution in [0.1, 0.15) is 0 Å². The van der Waals surface area contributed by atoms with Gasteiger partial charge in [0.1, 0.15) is 25.1 Å². The molecule has 0 bridgehead atoms. The monoisotopic (exact) mass is 181 g/mol. The van der Waals surface area contributed by atoms with E-state index in [4.69, 9.17) is 9.84 Å². The normalized spacial score (nSPS) is 32.2. The predicted molar refractivity (Wildman–Crippen MR) is 39.5 cm³/mol. The van der Waals surface area contributed by atoms with Crippen molar-refractivity contribution >= 4 is 0 Å². The van der Waals surface area contributed by atoms with Crippen LogP contribution in [0.5, 0.6) is 0 Å². The molecule has 0 aromatic rings. The first-order valence-electron chi connectivity index (χ1n) is 3.94. The summed E-state index contributed by atoms with van der Waals surface area (Å²) < 4.78 is 29.4. The highest BCUT2D eigenvalue weighted by Gasteiger charge is 2.27. The maximum atomic E-state index is 12.8. The van der Waals surface area contributed by atoms with Crippen molar-refractivity contribution in [1.82, 2.24) is 5.32 Å².